The SMILES string of the molecule is CS(=O)(=O)N1CCCN(C(=O)CSCc2cccc(Cl)c2)CC1. The van der Waals surface area contributed by atoms with E-state index >= 15 is 0 Å². The molecule has 1 heterocycles. The average molecular weight is 377 g/mol. The van der Waals surface area contributed by atoms with Crippen molar-refractivity contribution in [3.05, 3.63) is 34.9 Å². The molecule has 1 aliphatic heterocycles. The number of hydrogen-bond donors (Lipinski definition) is 0. The second kappa shape index (κ2) is 8.37. The molecular formula is C15H21ClN2O3S2. The number of nitrogens with zero attached hydrogens (tertiary/aromatic N) is 2. The van der Waals surface area contributed by atoms with Crippen LogP contribution in [0.15, 0.2) is 24.3 Å². The molecule has 23 heavy (non-hydrogen) atoms. The first-order chi connectivity index (χ1) is 10.9. The zero-order valence-electron chi connectivity index (χ0n) is 13.1. The first-order valence-electron chi connectivity index (χ1n) is 7.41. The summed E-state index contributed by atoms with van der Waals surface area (Å²) in [5, 5.41) is 0.697. The second-order valence-electron chi connectivity index (χ2n) is 5.52. The predicted octanol–water partition coefficient (Wildman–Crippen LogP) is 2.07. The molecule has 0 aromatic heterocycles. The van der Waals surface area contributed by atoms with Crippen LogP contribution in [0.1, 0.15) is 12.0 Å². The van der Waals surface area contributed by atoms with Gasteiger partial charge in [0, 0.05) is 37.0 Å². The first kappa shape index (κ1) is 18.6. The van der Waals surface area contributed by atoms with Crippen molar-refractivity contribution in [2.24, 2.45) is 0 Å². The molecule has 0 atom stereocenters. The Balaban J connectivity index is 1.79. The maximum absolute atomic E-state index is 12.3. The molecule has 2 rings (SSSR count). The van der Waals surface area contributed by atoms with Crippen LogP contribution < -0.4 is 0 Å². The molecule has 1 aromatic carbocycles. The minimum Gasteiger partial charge on any atom is -0.341 e. The molecule has 128 valence electrons. The molecule has 0 N–H and O–H groups in total. The molecule has 0 radical (unpaired) electrons. The largest absolute Gasteiger partial charge is 0.341 e. The zero-order chi connectivity index (χ0) is 16.9. The third kappa shape index (κ3) is 5.99. The molecule has 5 nitrogen and oxygen atoms in total. The van der Waals surface area contributed by atoms with E-state index in [-0.39, 0.29) is 5.91 Å². The van der Waals surface area contributed by atoms with Gasteiger partial charge in [-0.1, -0.05) is 23.7 Å². The molecule has 0 bridgehead atoms. The van der Waals surface area contributed by atoms with Crippen molar-refractivity contribution in [2.75, 3.05) is 38.2 Å². The van der Waals surface area contributed by atoms with Crippen molar-refractivity contribution < 1.29 is 13.2 Å². The van der Waals surface area contributed by atoms with Crippen molar-refractivity contribution in [3.8, 4) is 0 Å². The highest BCUT2D eigenvalue weighted by Crippen LogP contribution is 2.17. The van der Waals surface area contributed by atoms with Crippen LogP contribution in [-0.2, 0) is 20.6 Å². The Morgan fingerprint density at radius 2 is 2.04 bits per heavy atom. The van der Waals surface area contributed by atoms with Crippen molar-refractivity contribution in [3.63, 3.8) is 0 Å². The van der Waals surface area contributed by atoms with Crippen LogP contribution >= 0.6 is 23.4 Å². The van der Waals surface area contributed by atoms with Gasteiger partial charge in [0.1, 0.15) is 0 Å². The molecule has 1 fully saturated rings. The van der Waals surface area contributed by atoms with E-state index < -0.39 is 10.0 Å². The topological polar surface area (TPSA) is 57.7 Å². The summed E-state index contributed by atoms with van der Waals surface area (Å²) >= 11 is 7.49. The summed E-state index contributed by atoms with van der Waals surface area (Å²) in [5.74, 6) is 1.19. The highest BCUT2D eigenvalue weighted by molar-refractivity contribution is 7.99. The smallest absolute Gasteiger partial charge is 0.232 e. The summed E-state index contributed by atoms with van der Waals surface area (Å²) in [6, 6.07) is 7.61. The van der Waals surface area contributed by atoms with Crippen molar-refractivity contribution in [2.45, 2.75) is 12.2 Å². The molecule has 1 amide bonds. The van der Waals surface area contributed by atoms with Gasteiger partial charge in [0.25, 0.3) is 0 Å². The van der Waals surface area contributed by atoms with Crippen LogP contribution in [-0.4, -0.2) is 61.7 Å². The molecule has 1 saturated heterocycles. The quantitative estimate of drug-likeness (QED) is 0.789. The number of carbonyl (C=O) groups excluding carboxylic acids is 1. The van der Waals surface area contributed by atoms with Crippen LogP contribution in [0.25, 0.3) is 0 Å². The lowest BCUT2D eigenvalue weighted by atomic mass is 10.2. The van der Waals surface area contributed by atoms with Gasteiger partial charge >= 0.3 is 0 Å². The molecule has 1 aromatic rings. The molecular weight excluding hydrogens is 356 g/mol. The number of rotatable bonds is 5. The van der Waals surface area contributed by atoms with E-state index in [4.69, 9.17) is 11.6 Å². The Bertz CT molecular complexity index is 652. The Labute approximate surface area is 147 Å². The van der Waals surface area contributed by atoms with E-state index in [1.54, 1.807) is 16.7 Å². The summed E-state index contributed by atoms with van der Waals surface area (Å²) < 4.78 is 24.6. The van der Waals surface area contributed by atoms with Crippen LogP contribution in [0.5, 0.6) is 0 Å². The number of thioether (sulfide) groups is 1. The average Bonchev–Trinajstić information content (AvgIpc) is 2.73. The number of sulfonamides is 1. The van der Waals surface area contributed by atoms with Crippen LogP contribution in [0.3, 0.4) is 0 Å². The summed E-state index contributed by atoms with van der Waals surface area (Å²) in [5.41, 5.74) is 1.09. The van der Waals surface area contributed by atoms with E-state index in [1.165, 1.54) is 10.6 Å². The van der Waals surface area contributed by atoms with Gasteiger partial charge in [0.2, 0.25) is 15.9 Å². The lowest BCUT2D eigenvalue weighted by Gasteiger charge is -2.21. The number of carbonyl (C=O) groups is 1. The third-order valence-corrected chi connectivity index (χ3v) is 6.19. The third-order valence-electron chi connectivity index (χ3n) is 3.66. The molecule has 0 saturated carbocycles. The Hall–Kier alpha value is -0.760. The fourth-order valence-corrected chi connectivity index (χ4v) is 4.41. The lowest BCUT2D eigenvalue weighted by molar-refractivity contribution is -0.128. The molecule has 0 unspecified atom stereocenters. The summed E-state index contributed by atoms with van der Waals surface area (Å²) in [7, 11) is -3.18. The van der Waals surface area contributed by atoms with Gasteiger partial charge in [-0.3, -0.25) is 4.79 Å². The van der Waals surface area contributed by atoms with E-state index in [0.29, 0.717) is 43.4 Å². The number of benzene rings is 1. The number of hydrogen-bond acceptors (Lipinski definition) is 4. The predicted molar refractivity (Wildman–Crippen MR) is 95.2 cm³/mol. The highest BCUT2D eigenvalue weighted by atomic mass is 35.5. The molecule has 1 aliphatic rings. The summed E-state index contributed by atoms with van der Waals surface area (Å²) in [6.07, 6.45) is 1.89. The lowest BCUT2D eigenvalue weighted by Crippen LogP contribution is -2.37. The van der Waals surface area contributed by atoms with Crippen molar-refractivity contribution >= 4 is 39.3 Å². The fourth-order valence-electron chi connectivity index (χ4n) is 2.45. The van der Waals surface area contributed by atoms with E-state index in [2.05, 4.69) is 0 Å². The normalized spacial score (nSPS) is 17.0. The molecule has 0 spiro atoms. The van der Waals surface area contributed by atoms with E-state index in [0.717, 1.165) is 11.3 Å². The summed E-state index contributed by atoms with van der Waals surface area (Å²) in [6.45, 7) is 1.94. The maximum atomic E-state index is 12.3. The van der Waals surface area contributed by atoms with Crippen molar-refractivity contribution in [1.29, 1.82) is 0 Å². The second-order valence-corrected chi connectivity index (χ2v) is 8.92. The van der Waals surface area contributed by atoms with E-state index in [1.807, 2.05) is 24.3 Å². The minimum atomic E-state index is -3.18. The number of halogens is 1. The standard InChI is InChI=1S/C15H21ClN2O3S2/c1-23(20,21)18-7-3-6-17(8-9-18)15(19)12-22-11-13-4-2-5-14(16)10-13/h2,4-5,10H,3,6-9,11-12H2,1H3. The van der Waals surface area contributed by atoms with Crippen LogP contribution in [0, 0.1) is 0 Å². The molecule has 8 heteroatoms. The maximum Gasteiger partial charge on any atom is 0.232 e. The highest BCUT2D eigenvalue weighted by Gasteiger charge is 2.23. The van der Waals surface area contributed by atoms with Gasteiger partial charge in [-0.15, -0.1) is 11.8 Å². The van der Waals surface area contributed by atoms with Gasteiger partial charge in [-0.05, 0) is 24.1 Å². The Morgan fingerprint density at radius 1 is 1.26 bits per heavy atom. The Kier molecular flexibility index (Phi) is 6.76. The van der Waals surface area contributed by atoms with Crippen LogP contribution in [0.4, 0.5) is 0 Å². The monoisotopic (exact) mass is 376 g/mol. The van der Waals surface area contributed by atoms with Gasteiger partial charge in [-0.2, -0.15) is 0 Å². The first-order valence-corrected chi connectivity index (χ1v) is 10.8. The fraction of sp³-hybridized carbons (Fsp3) is 0.533. The zero-order valence-corrected chi connectivity index (χ0v) is 15.5. The van der Waals surface area contributed by atoms with Crippen LogP contribution in [0.2, 0.25) is 5.02 Å². The van der Waals surface area contributed by atoms with Gasteiger partial charge in [0.05, 0.1) is 12.0 Å². The summed E-state index contributed by atoms with van der Waals surface area (Å²) in [4.78, 5) is 14.0. The van der Waals surface area contributed by atoms with Gasteiger partial charge in [0.15, 0.2) is 0 Å². The van der Waals surface area contributed by atoms with Crippen molar-refractivity contribution in [1.82, 2.24) is 9.21 Å². The van der Waals surface area contributed by atoms with Gasteiger partial charge in [-0.25, -0.2) is 12.7 Å². The van der Waals surface area contributed by atoms with Gasteiger partial charge < -0.3 is 4.90 Å². The Morgan fingerprint density at radius 3 is 2.74 bits per heavy atom. The molecule has 0 aliphatic carbocycles. The number of amides is 1. The minimum absolute atomic E-state index is 0.0624. The van der Waals surface area contributed by atoms with E-state index in [9.17, 15) is 13.2 Å².